The molecule has 3 rings (SSSR count). The quantitative estimate of drug-likeness (QED) is 0.628. The maximum Gasteiger partial charge on any atom is 0.212 e. The van der Waals surface area contributed by atoms with Crippen molar-refractivity contribution in [3.8, 4) is 5.88 Å². The Hall–Kier alpha value is -2.60. The minimum Gasteiger partial charge on any atom is -0.481 e. The maximum atomic E-state index is 5.11. The summed E-state index contributed by atoms with van der Waals surface area (Å²) < 4.78 is 5.11. The van der Waals surface area contributed by atoms with Gasteiger partial charge in [-0.1, -0.05) is 36.4 Å². The third kappa shape index (κ3) is 5.69. The summed E-state index contributed by atoms with van der Waals surface area (Å²) in [5.74, 6) is 1.61. The molecule has 0 spiro atoms. The third-order valence-corrected chi connectivity index (χ3v) is 4.67. The van der Waals surface area contributed by atoms with Crippen molar-refractivity contribution in [2.45, 2.75) is 20.0 Å². The molecule has 0 unspecified atom stereocenters. The van der Waals surface area contributed by atoms with Gasteiger partial charge in [0.25, 0.3) is 0 Å². The maximum absolute atomic E-state index is 5.11. The van der Waals surface area contributed by atoms with Gasteiger partial charge in [-0.25, -0.2) is 9.98 Å². The molecule has 0 radical (unpaired) electrons. The standard InChI is InChI=1S/C21H29N5O/c1-3-22-21(24-16-19-9-10-20(27-2)23-15-19)26-13-11-25(12-14-26)17-18-7-5-4-6-8-18/h4-10,15H,3,11-14,16-17H2,1-2H3,(H,22,24). The zero-order valence-electron chi connectivity index (χ0n) is 16.3. The van der Waals surface area contributed by atoms with E-state index in [2.05, 4.69) is 57.4 Å². The average Bonchev–Trinajstić information content (AvgIpc) is 2.73. The van der Waals surface area contributed by atoms with Crippen LogP contribution in [0.4, 0.5) is 0 Å². The number of aromatic nitrogens is 1. The fourth-order valence-electron chi connectivity index (χ4n) is 3.18. The van der Waals surface area contributed by atoms with E-state index in [-0.39, 0.29) is 0 Å². The molecule has 1 aromatic heterocycles. The van der Waals surface area contributed by atoms with Crippen LogP contribution in [0.25, 0.3) is 0 Å². The number of pyridine rings is 1. The summed E-state index contributed by atoms with van der Waals surface area (Å²) in [6.45, 7) is 8.66. The van der Waals surface area contributed by atoms with E-state index in [0.717, 1.165) is 50.8 Å². The molecule has 1 aromatic carbocycles. The van der Waals surface area contributed by atoms with Crippen LogP contribution < -0.4 is 10.1 Å². The largest absolute Gasteiger partial charge is 0.481 e. The Labute approximate surface area is 161 Å². The van der Waals surface area contributed by atoms with Gasteiger partial charge < -0.3 is 15.0 Å². The van der Waals surface area contributed by atoms with Gasteiger partial charge in [-0.05, 0) is 18.1 Å². The second kappa shape index (κ2) is 9.92. The van der Waals surface area contributed by atoms with E-state index < -0.39 is 0 Å². The van der Waals surface area contributed by atoms with Crippen molar-refractivity contribution in [3.05, 3.63) is 59.8 Å². The van der Waals surface area contributed by atoms with Gasteiger partial charge in [0.05, 0.1) is 13.7 Å². The first-order valence-corrected chi connectivity index (χ1v) is 9.57. The fourth-order valence-corrected chi connectivity index (χ4v) is 3.18. The Morgan fingerprint density at radius 1 is 1.07 bits per heavy atom. The molecule has 1 aliphatic heterocycles. The number of piperazine rings is 1. The second-order valence-electron chi connectivity index (χ2n) is 6.63. The van der Waals surface area contributed by atoms with Gasteiger partial charge in [0.1, 0.15) is 0 Å². The Kier molecular flexibility index (Phi) is 7.04. The lowest BCUT2D eigenvalue weighted by Gasteiger charge is -2.36. The summed E-state index contributed by atoms with van der Waals surface area (Å²) in [6, 6.07) is 14.6. The molecule has 2 heterocycles. The van der Waals surface area contributed by atoms with E-state index in [1.165, 1.54) is 5.56 Å². The molecule has 0 aliphatic carbocycles. The molecule has 1 N–H and O–H groups in total. The molecule has 27 heavy (non-hydrogen) atoms. The molecular formula is C21H29N5O. The summed E-state index contributed by atoms with van der Waals surface area (Å²) in [5.41, 5.74) is 2.45. The van der Waals surface area contributed by atoms with Gasteiger partial charge in [0, 0.05) is 51.5 Å². The van der Waals surface area contributed by atoms with Crippen molar-refractivity contribution in [3.63, 3.8) is 0 Å². The molecule has 144 valence electrons. The Morgan fingerprint density at radius 3 is 2.48 bits per heavy atom. The topological polar surface area (TPSA) is 53.0 Å². The monoisotopic (exact) mass is 367 g/mol. The molecular weight excluding hydrogens is 338 g/mol. The summed E-state index contributed by atoms with van der Waals surface area (Å²) >= 11 is 0. The smallest absolute Gasteiger partial charge is 0.212 e. The predicted molar refractivity (Wildman–Crippen MR) is 109 cm³/mol. The number of ether oxygens (including phenoxy) is 1. The average molecular weight is 367 g/mol. The van der Waals surface area contributed by atoms with E-state index in [0.29, 0.717) is 12.4 Å². The van der Waals surface area contributed by atoms with Crippen LogP contribution in [0.2, 0.25) is 0 Å². The van der Waals surface area contributed by atoms with E-state index in [1.54, 1.807) is 7.11 Å². The first kappa shape index (κ1) is 19.2. The van der Waals surface area contributed by atoms with E-state index >= 15 is 0 Å². The van der Waals surface area contributed by atoms with Crippen molar-refractivity contribution in [2.24, 2.45) is 4.99 Å². The fraction of sp³-hybridized carbons (Fsp3) is 0.429. The number of rotatable bonds is 6. The summed E-state index contributed by atoms with van der Waals surface area (Å²) in [7, 11) is 1.63. The van der Waals surface area contributed by atoms with E-state index in [9.17, 15) is 0 Å². The molecule has 6 heteroatoms. The van der Waals surface area contributed by atoms with Crippen LogP contribution in [-0.4, -0.2) is 60.6 Å². The Bertz CT molecular complexity index is 709. The second-order valence-corrected chi connectivity index (χ2v) is 6.63. The van der Waals surface area contributed by atoms with Crippen molar-refractivity contribution < 1.29 is 4.74 Å². The van der Waals surface area contributed by atoms with Gasteiger partial charge in [0.15, 0.2) is 5.96 Å². The molecule has 0 bridgehead atoms. The highest BCUT2D eigenvalue weighted by Crippen LogP contribution is 2.10. The molecule has 0 saturated carbocycles. The number of hydrogen-bond acceptors (Lipinski definition) is 4. The number of nitrogens with zero attached hydrogens (tertiary/aromatic N) is 4. The van der Waals surface area contributed by atoms with Crippen LogP contribution >= 0.6 is 0 Å². The number of methoxy groups -OCH3 is 1. The zero-order chi connectivity index (χ0) is 18.9. The van der Waals surface area contributed by atoms with Crippen molar-refractivity contribution in [2.75, 3.05) is 39.8 Å². The molecule has 2 aromatic rings. The zero-order valence-corrected chi connectivity index (χ0v) is 16.3. The minimum atomic E-state index is 0.615. The number of benzene rings is 1. The molecule has 0 amide bonds. The highest BCUT2D eigenvalue weighted by atomic mass is 16.5. The van der Waals surface area contributed by atoms with Crippen molar-refractivity contribution in [1.29, 1.82) is 0 Å². The number of hydrogen-bond donors (Lipinski definition) is 1. The molecule has 6 nitrogen and oxygen atoms in total. The van der Waals surface area contributed by atoms with Gasteiger partial charge in [0.2, 0.25) is 5.88 Å². The van der Waals surface area contributed by atoms with E-state index in [4.69, 9.17) is 9.73 Å². The highest BCUT2D eigenvalue weighted by Gasteiger charge is 2.19. The molecule has 1 saturated heterocycles. The predicted octanol–water partition coefficient (Wildman–Crippen LogP) is 2.37. The van der Waals surface area contributed by atoms with Crippen LogP contribution in [-0.2, 0) is 13.1 Å². The number of guanidine groups is 1. The lowest BCUT2D eigenvalue weighted by Crippen LogP contribution is -2.52. The first-order chi connectivity index (χ1) is 13.3. The van der Waals surface area contributed by atoms with Gasteiger partial charge in [-0.3, -0.25) is 4.90 Å². The van der Waals surface area contributed by atoms with E-state index in [1.807, 2.05) is 18.3 Å². The Balaban J connectivity index is 1.55. The minimum absolute atomic E-state index is 0.615. The molecule has 1 fully saturated rings. The first-order valence-electron chi connectivity index (χ1n) is 9.57. The summed E-state index contributed by atoms with van der Waals surface area (Å²) in [6.07, 6.45) is 1.82. The SMILES string of the molecule is CCNC(=NCc1ccc(OC)nc1)N1CCN(Cc2ccccc2)CC1. The molecule has 1 aliphatic rings. The van der Waals surface area contributed by atoms with Crippen LogP contribution in [0, 0.1) is 0 Å². The third-order valence-electron chi connectivity index (χ3n) is 4.67. The van der Waals surface area contributed by atoms with Crippen LogP contribution in [0.1, 0.15) is 18.1 Å². The van der Waals surface area contributed by atoms with Gasteiger partial charge >= 0.3 is 0 Å². The van der Waals surface area contributed by atoms with Crippen LogP contribution in [0.15, 0.2) is 53.7 Å². The molecule has 0 atom stereocenters. The number of nitrogens with one attached hydrogen (secondary N) is 1. The van der Waals surface area contributed by atoms with Crippen molar-refractivity contribution >= 4 is 5.96 Å². The lowest BCUT2D eigenvalue weighted by atomic mass is 10.2. The lowest BCUT2D eigenvalue weighted by molar-refractivity contribution is 0.172. The summed E-state index contributed by atoms with van der Waals surface area (Å²) in [5, 5.41) is 3.42. The summed E-state index contributed by atoms with van der Waals surface area (Å²) in [4.78, 5) is 13.9. The van der Waals surface area contributed by atoms with Crippen LogP contribution in [0.3, 0.4) is 0 Å². The Morgan fingerprint density at radius 2 is 1.85 bits per heavy atom. The van der Waals surface area contributed by atoms with Crippen molar-refractivity contribution in [1.82, 2.24) is 20.1 Å². The van der Waals surface area contributed by atoms with Gasteiger partial charge in [-0.15, -0.1) is 0 Å². The highest BCUT2D eigenvalue weighted by molar-refractivity contribution is 5.80. The number of aliphatic imine (C=N–C) groups is 1. The van der Waals surface area contributed by atoms with Crippen LogP contribution in [0.5, 0.6) is 5.88 Å². The normalized spacial score (nSPS) is 15.6. The van der Waals surface area contributed by atoms with Gasteiger partial charge in [-0.2, -0.15) is 0 Å².